The van der Waals surface area contributed by atoms with Crippen LogP contribution in [0.5, 0.6) is 11.5 Å². The molecular formula is C23H29N3O3. The summed E-state index contributed by atoms with van der Waals surface area (Å²) in [6, 6.07) is 9.59. The molecule has 2 heterocycles. The van der Waals surface area contributed by atoms with E-state index >= 15 is 0 Å². The molecule has 4 rings (SSSR count). The monoisotopic (exact) mass is 395 g/mol. The normalized spacial score (nSPS) is 15.1. The fourth-order valence-electron chi connectivity index (χ4n) is 3.75. The maximum atomic E-state index is 10.4. The van der Waals surface area contributed by atoms with Crippen LogP contribution in [0.25, 0.3) is 11.0 Å². The van der Waals surface area contributed by atoms with Crippen LogP contribution in [-0.4, -0.2) is 53.4 Å². The number of rotatable bonds is 9. The third kappa shape index (κ3) is 4.71. The number of aromatic nitrogens is 2. The number of aliphatic hydroxyl groups is 1. The number of aromatic amines is 1. The van der Waals surface area contributed by atoms with E-state index in [1.54, 1.807) is 7.11 Å². The molecule has 0 bridgehead atoms. The number of pyridine rings is 1. The summed E-state index contributed by atoms with van der Waals surface area (Å²) in [5.41, 5.74) is 4.75. The molecule has 0 unspecified atom stereocenters. The standard InChI is InChI=1S/C23H29N3O3/c1-15-10-20-21(22(16-4-5-16)25-23(20)24-11-15)13-26(2)12-17(27)14-29-19-8-6-18(28-3)7-9-19/h6-11,16-17,27H,4-5,12-14H2,1-3H3,(H,24,25)/t17-/m1/s1. The SMILES string of the molecule is COc1ccc(OC[C@H](O)CN(C)Cc2c(C3CC3)[nH]c3ncc(C)cc23)cc1. The topological polar surface area (TPSA) is 70.6 Å². The van der Waals surface area contributed by atoms with Gasteiger partial charge in [-0.2, -0.15) is 0 Å². The zero-order chi connectivity index (χ0) is 20.4. The van der Waals surface area contributed by atoms with Crippen molar-refractivity contribution in [1.29, 1.82) is 0 Å². The molecule has 2 aromatic heterocycles. The van der Waals surface area contributed by atoms with Crippen LogP contribution in [0.4, 0.5) is 0 Å². The van der Waals surface area contributed by atoms with Gasteiger partial charge in [0.1, 0.15) is 29.9 Å². The lowest BCUT2D eigenvalue weighted by molar-refractivity contribution is 0.0744. The van der Waals surface area contributed by atoms with Gasteiger partial charge in [-0.25, -0.2) is 4.98 Å². The number of aryl methyl sites for hydroxylation is 1. The van der Waals surface area contributed by atoms with Gasteiger partial charge in [-0.05, 0) is 74.2 Å². The van der Waals surface area contributed by atoms with Crippen LogP contribution in [0.1, 0.15) is 35.6 Å². The largest absolute Gasteiger partial charge is 0.497 e. The number of benzene rings is 1. The number of methoxy groups -OCH3 is 1. The van der Waals surface area contributed by atoms with Gasteiger partial charge >= 0.3 is 0 Å². The summed E-state index contributed by atoms with van der Waals surface area (Å²) in [5, 5.41) is 11.6. The summed E-state index contributed by atoms with van der Waals surface area (Å²) < 4.78 is 10.9. The Morgan fingerprint density at radius 3 is 2.66 bits per heavy atom. The average molecular weight is 396 g/mol. The lowest BCUT2D eigenvalue weighted by atomic mass is 10.1. The highest BCUT2D eigenvalue weighted by Gasteiger charge is 2.29. The number of H-pyrrole nitrogens is 1. The highest BCUT2D eigenvalue weighted by Crippen LogP contribution is 2.43. The van der Waals surface area contributed by atoms with Crippen molar-refractivity contribution in [2.45, 2.75) is 38.3 Å². The fourth-order valence-corrected chi connectivity index (χ4v) is 3.75. The van der Waals surface area contributed by atoms with Crippen molar-refractivity contribution in [3.8, 4) is 11.5 Å². The van der Waals surface area contributed by atoms with Gasteiger partial charge < -0.3 is 19.6 Å². The number of nitrogens with zero attached hydrogens (tertiary/aromatic N) is 2. The second-order valence-corrected chi connectivity index (χ2v) is 8.04. The van der Waals surface area contributed by atoms with Gasteiger partial charge in [0.25, 0.3) is 0 Å². The van der Waals surface area contributed by atoms with Gasteiger partial charge in [0.05, 0.1) is 7.11 Å². The molecule has 0 aliphatic heterocycles. The van der Waals surface area contributed by atoms with Crippen LogP contribution in [-0.2, 0) is 6.54 Å². The first-order valence-corrected chi connectivity index (χ1v) is 10.1. The van der Waals surface area contributed by atoms with Crippen molar-refractivity contribution in [2.75, 3.05) is 27.3 Å². The van der Waals surface area contributed by atoms with Gasteiger partial charge in [0.15, 0.2) is 0 Å². The molecule has 0 saturated heterocycles. The minimum atomic E-state index is -0.573. The maximum absolute atomic E-state index is 10.4. The summed E-state index contributed by atoms with van der Waals surface area (Å²) in [4.78, 5) is 10.2. The van der Waals surface area contributed by atoms with Crippen molar-refractivity contribution in [3.05, 3.63) is 53.3 Å². The van der Waals surface area contributed by atoms with E-state index in [2.05, 4.69) is 27.9 Å². The molecule has 1 aliphatic rings. The van der Waals surface area contributed by atoms with Gasteiger partial charge in [-0.1, -0.05) is 0 Å². The molecule has 6 nitrogen and oxygen atoms in total. The van der Waals surface area contributed by atoms with E-state index in [0.717, 1.165) is 29.3 Å². The minimum Gasteiger partial charge on any atom is -0.497 e. The van der Waals surface area contributed by atoms with Crippen molar-refractivity contribution >= 4 is 11.0 Å². The number of nitrogens with one attached hydrogen (secondary N) is 1. The molecule has 1 saturated carbocycles. The van der Waals surface area contributed by atoms with E-state index in [1.807, 2.05) is 37.5 Å². The second-order valence-electron chi connectivity index (χ2n) is 8.04. The van der Waals surface area contributed by atoms with Crippen LogP contribution < -0.4 is 9.47 Å². The molecule has 154 valence electrons. The molecule has 1 atom stereocenters. The summed E-state index contributed by atoms with van der Waals surface area (Å²) in [6.07, 6.45) is 3.81. The number of fused-ring (bicyclic) bond motifs is 1. The van der Waals surface area contributed by atoms with Gasteiger partial charge in [0, 0.05) is 30.4 Å². The zero-order valence-corrected chi connectivity index (χ0v) is 17.3. The summed E-state index contributed by atoms with van der Waals surface area (Å²) in [7, 11) is 3.67. The molecule has 6 heteroatoms. The molecule has 0 spiro atoms. The molecule has 29 heavy (non-hydrogen) atoms. The van der Waals surface area contributed by atoms with Crippen LogP contribution in [0.3, 0.4) is 0 Å². The Bertz CT molecular complexity index is 963. The number of likely N-dealkylation sites (N-methyl/N-ethyl adjacent to an activating group) is 1. The fraction of sp³-hybridized carbons (Fsp3) is 0.435. The molecule has 0 radical (unpaired) electrons. The quantitative estimate of drug-likeness (QED) is 0.579. The molecule has 1 aromatic carbocycles. The first-order chi connectivity index (χ1) is 14.0. The van der Waals surface area contributed by atoms with Crippen LogP contribution in [0.15, 0.2) is 36.5 Å². The predicted octanol–water partition coefficient (Wildman–Crippen LogP) is 3.63. The van der Waals surface area contributed by atoms with Gasteiger partial charge in [0.2, 0.25) is 0 Å². The zero-order valence-electron chi connectivity index (χ0n) is 17.3. The second kappa shape index (κ2) is 8.43. The predicted molar refractivity (Wildman–Crippen MR) is 114 cm³/mol. The Kier molecular flexibility index (Phi) is 5.74. The number of hydrogen-bond acceptors (Lipinski definition) is 5. The average Bonchev–Trinajstić information content (AvgIpc) is 3.50. The highest BCUT2D eigenvalue weighted by atomic mass is 16.5. The van der Waals surface area contributed by atoms with Crippen molar-refractivity contribution in [1.82, 2.24) is 14.9 Å². The number of ether oxygens (including phenoxy) is 2. The Hall–Kier alpha value is -2.57. The van der Waals surface area contributed by atoms with E-state index in [-0.39, 0.29) is 6.61 Å². The summed E-state index contributed by atoms with van der Waals surface area (Å²) >= 11 is 0. The third-order valence-electron chi connectivity index (χ3n) is 5.37. The first kappa shape index (κ1) is 19.7. The Morgan fingerprint density at radius 2 is 1.97 bits per heavy atom. The molecule has 1 fully saturated rings. The van der Waals surface area contributed by atoms with Crippen molar-refractivity contribution in [3.63, 3.8) is 0 Å². The molecule has 2 N–H and O–H groups in total. The smallest absolute Gasteiger partial charge is 0.137 e. The number of aliphatic hydroxyl groups excluding tert-OH is 1. The first-order valence-electron chi connectivity index (χ1n) is 10.1. The summed E-state index contributed by atoms with van der Waals surface area (Å²) in [6.45, 7) is 3.63. The number of hydrogen-bond donors (Lipinski definition) is 2. The van der Waals surface area contributed by atoms with E-state index in [9.17, 15) is 5.11 Å². The minimum absolute atomic E-state index is 0.251. The Balaban J connectivity index is 1.38. The van der Waals surface area contributed by atoms with Crippen LogP contribution >= 0.6 is 0 Å². The van der Waals surface area contributed by atoms with Crippen LogP contribution in [0.2, 0.25) is 0 Å². The highest BCUT2D eigenvalue weighted by molar-refractivity contribution is 5.82. The van der Waals surface area contributed by atoms with E-state index in [1.165, 1.54) is 29.5 Å². The molecule has 1 aliphatic carbocycles. The maximum Gasteiger partial charge on any atom is 0.137 e. The van der Waals surface area contributed by atoms with E-state index in [0.29, 0.717) is 12.5 Å². The van der Waals surface area contributed by atoms with E-state index < -0.39 is 6.10 Å². The van der Waals surface area contributed by atoms with Gasteiger partial charge in [-0.15, -0.1) is 0 Å². The lowest BCUT2D eigenvalue weighted by Gasteiger charge is -2.21. The molecule has 3 aromatic rings. The summed E-state index contributed by atoms with van der Waals surface area (Å²) in [5.74, 6) is 2.13. The van der Waals surface area contributed by atoms with Crippen LogP contribution in [0, 0.1) is 6.92 Å². The molecular weight excluding hydrogens is 366 g/mol. The lowest BCUT2D eigenvalue weighted by Crippen LogP contribution is -2.33. The van der Waals surface area contributed by atoms with Gasteiger partial charge in [-0.3, -0.25) is 4.90 Å². The molecule has 0 amide bonds. The Labute approximate surface area is 171 Å². The Morgan fingerprint density at radius 1 is 1.24 bits per heavy atom. The van der Waals surface area contributed by atoms with Crippen molar-refractivity contribution in [2.24, 2.45) is 0 Å². The van der Waals surface area contributed by atoms with Crippen molar-refractivity contribution < 1.29 is 14.6 Å². The van der Waals surface area contributed by atoms with E-state index in [4.69, 9.17) is 9.47 Å². The third-order valence-corrected chi connectivity index (χ3v) is 5.37.